The number of hydrogen-bond acceptors (Lipinski definition) is 3. The van der Waals surface area contributed by atoms with Gasteiger partial charge in [-0.15, -0.1) is 0 Å². The zero-order valence-corrected chi connectivity index (χ0v) is 9.62. The zero-order chi connectivity index (χ0) is 11.5. The summed E-state index contributed by atoms with van der Waals surface area (Å²) in [4.78, 5) is 11.8. The van der Waals surface area contributed by atoms with Crippen LogP contribution < -0.4 is 11.1 Å². The number of aliphatic hydroxyl groups excluding tert-OH is 1. The van der Waals surface area contributed by atoms with Crippen molar-refractivity contribution >= 4 is 5.91 Å². The highest BCUT2D eigenvalue weighted by Gasteiger charge is 2.28. The summed E-state index contributed by atoms with van der Waals surface area (Å²) in [7, 11) is 0. The van der Waals surface area contributed by atoms with Gasteiger partial charge in [-0.1, -0.05) is 0 Å². The van der Waals surface area contributed by atoms with E-state index in [2.05, 4.69) is 5.32 Å². The highest BCUT2D eigenvalue weighted by molar-refractivity contribution is 5.79. The van der Waals surface area contributed by atoms with Crippen LogP contribution in [0.2, 0.25) is 0 Å². The van der Waals surface area contributed by atoms with Gasteiger partial charge in [-0.05, 0) is 39.5 Å². The van der Waals surface area contributed by atoms with Crippen molar-refractivity contribution in [3.8, 4) is 0 Å². The summed E-state index contributed by atoms with van der Waals surface area (Å²) < 4.78 is 0. The van der Waals surface area contributed by atoms with Crippen molar-refractivity contribution in [1.82, 2.24) is 5.32 Å². The largest absolute Gasteiger partial charge is 0.394 e. The van der Waals surface area contributed by atoms with Crippen LogP contribution >= 0.6 is 0 Å². The number of aliphatic hydroxyl groups is 1. The molecule has 0 aliphatic heterocycles. The van der Waals surface area contributed by atoms with E-state index >= 15 is 0 Å². The van der Waals surface area contributed by atoms with Crippen LogP contribution in [0.3, 0.4) is 0 Å². The first-order chi connectivity index (χ1) is 6.94. The Balaban J connectivity index is 2.41. The van der Waals surface area contributed by atoms with Gasteiger partial charge in [0.05, 0.1) is 12.1 Å². The van der Waals surface area contributed by atoms with Crippen LogP contribution in [-0.4, -0.2) is 29.2 Å². The van der Waals surface area contributed by atoms with Gasteiger partial charge in [0.2, 0.25) is 5.91 Å². The van der Waals surface area contributed by atoms with Crippen molar-refractivity contribution in [2.45, 2.75) is 51.1 Å². The second kappa shape index (κ2) is 4.94. The SMILES string of the molecule is CC(C)(CO)NC(=O)C1CCC(N)CC1. The zero-order valence-electron chi connectivity index (χ0n) is 9.62. The third-order valence-corrected chi connectivity index (χ3v) is 3.00. The van der Waals surface area contributed by atoms with Gasteiger partial charge in [-0.3, -0.25) is 4.79 Å². The molecule has 4 N–H and O–H groups in total. The smallest absolute Gasteiger partial charge is 0.223 e. The van der Waals surface area contributed by atoms with Gasteiger partial charge in [0.15, 0.2) is 0 Å². The van der Waals surface area contributed by atoms with E-state index in [9.17, 15) is 4.79 Å². The summed E-state index contributed by atoms with van der Waals surface area (Å²) in [6.07, 6.45) is 3.60. The van der Waals surface area contributed by atoms with Crippen LogP contribution in [0.1, 0.15) is 39.5 Å². The van der Waals surface area contributed by atoms with E-state index in [0.29, 0.717) is 0 Å². The highest BCUT2D eigenvalue weighted by atomic mass is 16.3. The van der Waals surface area contributed by atoms with Gasteiger partial charge in [0.1, 0.15) is 0 Å². The maximum Gasteiger partial charge on any atom is 0.223 e. The third kappa shape index (κ3) is 3.80. The molecule has 88 valence electrons. The highest BCUT2D eigenvalue weighted by Crippen LogP contribution is 2.23. The molecule has 1 fully saturated rings. The number of amides is 1. The van der Waals surface area contributed by atoms with E-state index < -0.39 is 5.54 Å². The molecular formula is C11H22N2O2. The van der Waals surface area contributed by atoms with Crippen molar-refractivity contribution < 1.29 is 9.90 Å². The Morgan fingerprint density at radius 2 is 1.93 bits per heavy atom. The fourth-order valence-corrected chi connectivity index (χ4v) is 1.86. The van der Waals surface area contributed by atoms with Crippen LogP contribution in [-0.2, 0) is 4.79 Å². The molecule has 15 heavy (non-hydrogen) atoms. The molecule has 0 heterocycles. The lowest BCUT2D eigenvalue weighted by atomic mass is 9.85. The summed E-state index contributed by atoms with van der Waals surface area (Å²) in [5, 5.41) is 11.9. The van der Waals surface area contributed by atoms with Gasteiger partial charge >= 0.3 is 0 Å². The molecule has 0 aromatic heterocycles. The number of nitrogens with one attached hydrogen (secondary N) is 1. The first kappa shape index (κ1) is 12.5. The molecule has 1 aliphatic rings. The minimum absolute atomic E-state index is 0.0367. The summed E-state index contributed by atoms with van der Waals surface area (Å²) in [5.74, 6) is 0.136. The molecule has 4 nitrogen and oxygen atoms in total. The molecule has 0 bridgehead atoms. The maximum atomic E-state index is 11.8. The predicted molar refractivity (Wildman–Crippen MR) is 59.2 cm³/mol. The number of rotatable bonds is 3. The van der Waals surface area contributed by atoms with Crippen molar-refractivity contribution in [1.29, 1.82) is 0 Å². The van der Waals surface area contributed by atoms with Crippen LogP contribution in [0, 0.1) is 5.92 Å². The minimum atomic E-state index is -0.517. The normalized spacial score (nSPS) is 27.5. The molecule has 4 heteroatoms. The molecular weight excluding hydrogens is 192 g/mol. The molecule has 0 saturated heterocycles. The third-order valence-electron chi connectivity index (χ3n) is 3.00. The van der Waals surface area contributed by atoms with Gasteiger partial charge in [-0.25, -0.2) is 0 Å². The Labute approximate surface area is 91.2 Å². The van der Waals surface area contributed by atoms with Crippen molar-refractivity contribution in [3.63, 3.8) is 0 Å². The van der Waals surface area contributed by atoms with Gasteiger partial charge in [0, 0.05) is 12.0 Å². The van der Waals surface area contributed by atoms with Gasteiger partial charge < -0.3 is 16.2 Å². The van der Waals surface area contributed by atoms with Crippen LogP contribution in [0.4, 0.5) is 0 Å². The number of hydrogen-bond donors (Lipinski definition) is 3. The maximum absolute atomic E-state index is 11.8. The lowest BCUT2D eigenvalue weighted by molar-refractivity contribution is -0.128. The fraction of sp³-hybridized carbons (Fsp3) is 0.909. The van der Waals surface area contributed by atoms with E-state index in [1.165, 1.54) is 0 Å². The average Bonchev–Trinajstić information content (AvgIpc) is 2.18. The van der Waals surface area contributed by atoms with E-state index in [1.807, 2.05) is 13.8 Å². The van der Waals surface area contributed by atoms with Crippen molar-refractivity contribution in [3.05, 3.63) is 0 Å². The van der Waals surface area contributed by atoms with E-state index in [4.69, 9.17) is 10.8 Å². The Hall–Kier alpha value is -0.610. The molecule has 0 aromatic carbocycles. The molecule has 1 aliphatic carbocycles. The second-order valence-electron chi connectivity index (χ2n) is 5.14. The average molecular weight is 214 g/mol. The Kier molecular flexibility index (Phi) is 4.11. The minimum Gasteiger partial charge on any atom is -0.394 e. The van der Waals surface area contributed by atoms with Gasteiger partial charge in [-0.2, -0.15) is 0 Å². The van der Waals surface area contributed by atoms with E-state index in [0.717, 1.165) is 25.7 Å². The number of carbonyl (C=O) groups is 1. The lowest BCUT2D eigenvalue weighted by Crippen LogP contribution is -2.49. The monoisotopic (exact) mass is 214 g/mol. The van der Waals surface area contributed by atoms with Crippen molar-refractivity contribution in [2.24, 2.45) is 11.7 Å². The first-order valence-corrected chi connectivity index (χ1v) is 5.63. The quantitative estimate of drug-likeness (QED) is 0.636. The molecule has 1 rings (SSSR count). The summed E-state index contributed by atoms with van der Waals surface area (Å²) in [6.45, 7) is 3.60. The van der Waals surface area contributed by atoms with Crippen LogP contribution in [0.5, 0.6) is 0 Å². The standard InChI is InChI=1S/C11H22N2O2/c1-11(2,7-14)13-10(15)8-3-5-9(12)6-4-8/h8-9,14H,3-7,12H2,1-2H3,(H,13,15). The molecule has 0 aromatic rings. The fourth-order valence-electron chi connectivity index (χ4n) is 1.86. The topological polar surface area (TPSA) is 75.3 Å². The Morgan fingerprint density at radius 1 is 1.40 bits per heavy atom. The summed E-state index contributed by atoms with van der Waals surface area (Å²) in [6, 6.07) is 0.264. The second-order valence-corrected chi connectivity index (χ2v) is 5.14. The molecule has 0 atom stereocenters. The molecule has 0 unspecified atom stereocenters. The van der Waals surface area contributed by atoms with Crippen LogP contribution in [0.15, 0.2) is 0 Å². The molecule has 0 spiro atoms. The summed E-state index contributed by atoms with van der Waals surface area (Å²) >= 11 is 0. The summed E-state index contributed by atoms with van der Waals surface area (Å²) in [5.41, 5.74) is 5.26. The van der Waals surface area contributed by atoms with Crippen LogP contribution in [0.25, 0.3) is 0 Å². The Bertz CT molecular complexity index is 221. The molecule has 1 saturated carbocycles. The first-order valence-electron chi connectivity index (χ1n) is 5.63. The predicted octanol–water partition coefficient (Wildman–Crippen LogP) is 0.391. The molecule has 0 radical (unpaired) electrons. The van der Waals surface area contributed by atoms with Gasteiger partial charge in [0.25, 0.3) is 0 Å². The van der Waals surface area contributed by atoms with E-state index in [-0.39, 0.29) is 24.5 Å². The molecule has 1 amide bonds. The number of nitrogens with two attached hydrogens (primary N) is 1. The lowest BCUT2D eigenvalue weighted by Gasteiger charge is -2.30. The van der Waals surface area contributed by atoms with E-state index in [1.54, 1.807) is 0 Å². The number of carbonyl (C=O) groups excluding carboxylic acids is 1. The Morgan fingerprint density at radius 3 is 2.40 bits per heavy atom. The van der Waals surface area contributed by atoms with Crippen molar-refractivity contribution in [2.75, 3.05) is 6.61 Å².